The second-order valence-electron chi connectivity index (χ2n) is 9.23. The summed E-state index contributed by atoms with van der Waals surface area (Å²) in [5.41, 5.74) is 4.81. The van der Waals surface area contributed by atoms with Crippen molar-refractivity contribution < 1.29 is 9.90 Å². The summed E-state index contributed by atoms with van der Waals surface area (Å²) < 4.78 is 0. The summed E-state index contributed by atoms with van der Waals surface area (Å²) in [7, 11) is 0. The van der Waals surface area contributed by atoms with Crippen LogP contribution in [0.2, 0.25) is 0 Å². The lowest BCUT2D eigenvalue weighted by molar-refractivity contribution is -0.115. The number of hydrogen-bond donors (Lipinski definition) is 1. The number of carbonyl (C=O) groups excluding carboxylic acids is 1. The molecule has 0 saturated heterocycles. The lowest BCUT2D eigenvalue weighted by Gasteiger charge is -2.28. The summed E-state index contributed by atoms with van der Waals surface area (Å²) >= 11 is 0. The third-order valence-corrected chi connectivity index (χ3v) is 4.93. The number of aryl methyl sites for hydroxylation is 1. The van der Waals surface area contributed by atoms with Crippen LogP contribution in [0.5, 0.6) is 5.75 Å². The average Bonchev–Trinajstić information content (AvgIpc) is 2.89. The molecule has 2 rings (SSSR count). The Morgan fingerprint density at radius 2 is 1.56 bits per heavy atom. The van der Waals surface area contributed by atoms with Gasteiger partial charge in [-0.3, -0.25) is 4.79 Å². The maximum absolute atomic E-state index is 12.5. The predicted molar refractivity (Wildman–Crippen MR) is 105 cm³/mol. The molecule has 0 atom stereocenters. The summed E-state index contributed by atoms with van der Waals surface area (Å²) in [6.07, 6.45) is 6.08. The third kappa shape index (κ3) is 4.42. The Bertz CT molecular complexity index is 699. The Balaban J connectivity index is 2.32. The lowest BCUT2D eigenvalue weighted by atomic mass is 9.78. The van der Waals surface area contributed by atoms with Crippen molar-refractivity contribution in [2.24, 2.45) is 0 Å². The van der Waals surface area contributed by atoms with E-state index in [2.05, 4.69) is 59.8 Å². The minimum atomic E-state index is -0.140. The van der Waals surface area contributed by atoms with E-state index in [-0.39, 0.29) is 16.6 Å². The minimum absolute atomic E-state index is 0.140. The second-order valence-corrected chi connectivity index (χ2v) is 9.23. The number of carbonyl (C=O) groups is 1. The molecule has 1 aromatic carbocycles. The molecule has 1 aromatic rings. The monoisotopic (exact) mass is 340 g/mol. The van der Waals surface area contributed by atoms with Gasteiger partial charge in [-0.2, -0.15) is 0 Å². The van der Waals surface area contributed by atoms with Crippen molar-refractivity contribution in [2.45, 2.75) is 78.6 Å². The summed E-state index contributed by atoms with van der Waals surface area (Å²) in [6.45, 7) is 14.7. The van der Waals surface area contributed by atoms with E-state index < -0.39 is 0 Å². The van der Waals surface area contributed by atoms with Gasteiger partial charge in [0.2, 0.25) is 0 Å². The predicted octanol–water partition coefficient (Wildman–Crippen LogP) is 5.77. The van der Waals surface area contributed by atoms with Crippen molar-refractivity contribution in [3.8, 4) is 5.75 Å². The molecule has 0 saturated carbocycles. The van der Waals surface area contributed by atoms with Crippen molar-refractivity contribution in [1.29, 1.82) is 0 Å². The highest BCUT2D eigenvalue weighted by molar-refractivity contribution is 5.97. The fourth-order valence-electron chi connectivity index (χ4n) is 3.34. The van der Waals surface area contributed by atoms with Gasteiger partial charge in [-0.05, 0) is 52.9 Å². The van der Waals surface area contributed by atoms with E-state index in [0.29, 0.717) is 18.6 Å². The molecule has 0 fully saturated rings. The molecule has 0 heterocycles. The Morgan fingerprint density at radius 1 is 1.04 bits per heavy atom. The SMILES string of the molecule is CC1=C(C(=O)CCc2cc(C(C)(C)C)c(O)c(C(C)(C)C)c2)CC=C1. The van der Waals surface area contributed by atoms with E-state index in [1.165, 1.54) is 0 Å². The first-order valence-electron chi connectivity index (χ1n) is 9.17. The van der Waals surface area contributed by atoms with Gasteiger partial charge in [-0.1, -0.05) is 65.8 Å². The molecule has 25 heavy (non-hydrogen) atoms. The smallest absolute Gasteiger partial charge is 0.159 e. The number of rotatable bonds is 4. The zero-order chi connectivity index (χ0) is 19.0. The van der Waals surface area contributed by atoms with Gasteiger partial charge in [0, 0.05) is 12.0 Å². The minimum Gasteiger partial charge on any atom is -0.507 e. The summed E-state index contributed by atoms with van der Waals surface area (Å²) in [5, 5.41) is 10.8. The molecule has 0 aromatic heterocycles. The standard InChI is InChI=1S/C23H32O2/c1-15-9-8-10-17(15)20(24)12-11-16-13-18(22(2,3)4)21(25)19(14-16)23(5,6)7/h8-9,13-14,25H,10-12H2,1-7H3. The fraction of sp³-hybridized carbons (Fsp3) is 0.522. The van der Waals surface area contributed by atoms with E-state index in [1.54, 1.807) is 0 Å². The summed E-state index contributed by atoms with van der Waals surface area (Å²) in [5.74, 6) is 0.638. The van der Waals surface area contributed by atoms with Crippen molar-refractivity contribution >= 4 is 5.78 Å². The van der Waals surface area contributed by atoms with Gasteiger partial charge in [0.1, 0.15) is 5.75 Å². The Kier molecular flexibility index (Phi) is 5.32. The van der Waals surface area contributed by atoms with Crippen LogP contribution in [0, 0.1) is 0 Å². The van der Waals surface area contributed by atoms with E-state index in [1.807, 2.05) is 13.0 Å². The first-order chi connectivity index (χ1) is 11.4. The van der Waals surface area contributed by atoms with Crippen molar-refractivity contribution in [3.05, 3.63) is 52.1 Å². The maximum atomic E-state index is 12.5. The third-order valence-electron chi connectivity index (χ3n) is 4.93. The van der Waals surface area contributed by atoms with Crippen LogP contribution in [0.4, 0.5) is 0 Å². The lowest BCUT2D eigenvalue weighted by Crippen LogP contribution is -2.18. The molecule has 136 valence electrons. The molecule has 0 aliphatic heterocycles. The highest BCUT2D eigenvalue weighted by Gasteiger charge is 2.26. The Labute approximate surface area is 152 Å². The number of ketones is 1. The average molecular weight is 341 g/mol. The Morgan fingerprint density at radius 3 is 1.96 bits per heavy atom. The van der Waals surface area contributed by atoms with Crippen LogP contribution in [0.3, 0.4) is 0 Å². The van der Waals surface area contributed by atoms with Crippen LogP contribution in [-0.4, -0.2) is 10.9 Å². The molecule has 1 N–H and O–H groups in total. The van der Waals surface area contributed by atoms with E-state index in [4.69, 9.17) is 0 Å². The molecule has 0 bridgehead atoms. The summed E-state index contributed by atoms with van der Waals surface area (Å²) in [6, 6.07) is 4.15. The van der Waals surface area contributed by atoms with Crippen molar-refractivity contribution in [2.75, 3.05) is 0 Å². The number of benzene rings is 1. The van der Waals surface area contributed by atoms with Crippen LogP contribution in [-0.2, 0) is 22.0 Å². The van der Waals surface area contributed by atoms with Crippen LogP contribution in [0.25, 0.3) is 0 Å². The topological polar surface area (TPSA) is 37.3 Å². The fourth-order valence-corrected chi connectivity index (χ4v) is 3.34. The molecule has 2 nitrogen and oxygen atoms in total. The zero-order valence-corrected chi connectivity index (χ0v) is 16.8. The molecule has 1 aliphatic carbocycles. The second kappa shape index (κ2) is 6.82. The molecule has 0 amide bonds. The number of aromatic hydroxyl groups is 1. The molecular formula is C23H32O2. The molecular weight excluding hydrogens is 308 g/mol. The van der Waals surface area contributed by atoms with Crippen LogP contribution < -0.4 is 0 Å². The van der Waals surface area contributed by atoms with Crippen LogP contribution >= 0.6 is 0 Å². The van der Waals surface area contributed by atoms with Gasteiger partial charge in [0.25, 0.3) is 0 Å². The summed E-state index contributed by atoms with van der Waals surface area (Å²) in [4.78, 5) is 12.5. The quantitative estimate of drug-likeness (QED) is 0.756. The molecule has 0 unspecified atom stereocenters. The van der Waals surface area contributed by atoms with Gasteiger partial charge in [-0.25, -0.2) is 0 Å². The first-order valence-corrected chi connectivity index (χ1v) is 9.17. The molecule has 0 radical (unpaired) electrons. The van der Waals surface area contributed by atoms with Gasteiger partial charge < -0.3 is 5.11 Å². The van der Waals surface area contributed by atoms with Gasteiger partial charge in [-0.15, -0.1) is 0 Å². The van der Waals surface area contributed by atoms with Gasteiger partial charge in [0.05, 0.1) is 0 Å². The first kappa shape index (κ1) is 19.5. The highest BCUT2D eigenvalue weighted by Crippen LogP contribution is 2.40. The maximum Gasteiger partial charge on any atom is 0.159 e. The normalized spacial score (nSPS) is 15.2. The molecule has 1 aliphatic rings. The van der Waals surface area contributed by atoms with E-state index in [0.717, 1.165) is 34.3 Å². The largest absolute Gasteiger partial charge is 0.507 e. The molecule has 0 spiro atoms. The zero-order valence-electron chi connectivity index (χ0n) is 16.8. The van der Waals surface area contributed by atoms with E-state index in [9.17, 15) is 9.90 Å². The number of phenolic OH excluding ortho intramolecular Hbond substituents is 1. The molecule has 2 heteroatoms. The van der Waals surface area contributed by atoms with Gasteiger partial charge >= 0.3 is 0 Å². The van der Waals surface area contributed by atoms with Crippen molar-refractivity contribution in [1.82, 2.24) is 0 Å². The van der Waals surface area contributed by atoms with Crippen LogP contribution in [0.1, 0.15) is 78.0 Å². The number of Topliss-reactive ketones (excluding diaryl/α,β-unsaturated/α-hetero) is 1. The number of phenols is 1. The van der Waals surface area contributed by atoms with Crippen molar-refractivity contribution in [3.63, 3.8) is 0 Å². The number of allylic oxidation sites excluding steroid dienone is 4. The van der Waals surface area contributed by atoms with Gasteiger partial charge in [0.15, 0.2) is 5.78 Å². The van der Waals surface area contributed by atoms with Crippen LogP contribution in [0.15, 0.2) is 35.4 Å². The van der Waals surface area contributed by atoms with E-state index >= 15 is 0 Å². The number of hydrogen-bond acceptors (Lipinski definition) is 2. The highest BCUT2D eigenvalue weighted by atomic mass is 16.3. The Hall–Kier alpha value is -1.83.